The van der Waals surface area contributed by atoms with Crippen molar-refractivity contribution in [1.82, 2.24) is 19.9 Å². The third kappa shape index (κ3) is 6.20. The van der Waals surface area contributed by atoms with Gasteiger partial charge in [0.2, 0.25) is 17.8 Å². The van der Waals surface area contributed by atoms with Crippen molar-refractivity contribution >= 4 is 35.1 Å². The highest BCUT2D eigenvalue weighted by Gasteiger charge is 2.24. The van der Waals surface area contributed by atoms with Crippen LogP contribution in [0.2, 0.25) is 5.02 Å². The van der Waals surface area contributed by atoms with Crippen molar-refractivity contribution < 1.29 is 0 Å². The third-order valence-corrected chi connectivity index (χ3v) is 6.60. The summed E-state index contributed by atoms with van der Waals surface area (Å²) in [5.41, 5.74) is 0.836. The van der Waals surface area contributed by atoms with Crippen LogP contribution in [-0.4, -0.2) is 59.1 Å². The van der Waals surface area contributed by atoms with Crippen LogP contribution < -0.4 is 15.5 Å². The Bertz CT molecular complexity index is 846. The fourth-order valence-corrected chi connectivity index (χ4v) is 4.62. The van der Waals surface area contributed by atoms with Crippen LogP contribution in [0.4, 0.5) is 23.5 Å². The first-order valence-electron chi connectivity index (χ1n) is 11.4. The molecule has 2 fully saturated rings. The molecule has 2 aromatic rings. The number of nitrogens with zero attached hydrogens (tertiary/aromatic N) is 5. The van der Waals surface area contributed by atoms with Gasteiger partial charge in [0, 0.05) is 30.9 Å². The summed E-state index contributed by atoms with van der Waals surface area (Å²) in [7, 11) is 4.28. The van der Waals surface area contributed by atoms with Gasteiger partial charge in [0.15, 0.2) is 0 Å². The van der Waals surface area contributed by atoms with Crippen molar-refractivity contribution in [3.63, 3.8) is 0 Å². The quantitative estimate of drug-likeness (QED) is 0.626. The van der Waals surface area contributed by atoms with E-state index < -0.39 is 0 Å². The van der Waals surface area contributed by atoms with Crippen molar-refractivity contribution in [3.05, 3.63) is 29.3 Å². The van der Waals surface area contributed by atoms with Crippen molar-refractivity contribution in [2.75, 3.05) is 42.7 Å². The lowest BCUT2D eigenvalue weighted by Crippen LogP contribution is -2.42. The minimum absolute atomic E-state index is 0.417. The second-order valence-corrected chi connectivity index (χ2v) is 9.22. The zero-order valence-corrected chi connectivity index (χ0v) is 19.3. The molecule has 1 aliphatic heterocycles. The van der Waals surface area contributed by atoms with Crippen molar-refractivity contribution in [1.29, 1.82) is 0 Å². The molecule has 7 nitrogen and oxygen atoms in total. The summed E-state index contributed by atoms with van der Waals surface area (Å²) in [6.07, 6.45) is 9.70. The molecule has 2 heterocycles. The van der Waals surface area contributed by atoms with Gasteiger partial charge < -0.3 is 20.4 Å². The van der Waals surface area contributed by atoms with Crippen molar-refractivity contribution in [2.45, 2.75) is 63.5 Å². The van der Waals surface area contributed by atoms with Crippen LogP contribution in [0.1, 0.15) is 51.4 Å². The average Bonchev–Trinajstić information content (AvgIpc) is 3.02. The normalized spacial score (nSPS) is 19.1. The van der Waals surface area contributed by atoms with Crippen LogP contribution in [0.25, 0.3) is 0 Å². The van der Waals surface area contributed by atoms with Crippen LogP contribution in [0.3, 0.4) is 0 Å². The first-order valence-corrected chi connectivity index (χ1v) is 11.8. The highest BCUT2D eigenvalue weighted by molar-refractivity contribution is 6.30. The topological polar surface area (TPSA) is 69.2 Å². The Morgan fingerprint density at radius 3 is 2.45 bits per heavy atom. The van der Waals surface area contributed by atoms with Gasteiger partial charge >= 0.3 is 0 Å². The monoisotopic (exact) mass is 442 g/mol. The minimum atomic E-state index is 0.417. The van der Waals surface area contributed by atoms with Gasteiger partial charge in [0.1, 0.15) is 0 Å². The predicted molar refractivity (Wildman–Crippen MR) is 127 cm³/mol. The molecule has 2 aliphatic rings. The largest absolute Gasteiger partial charge is 0.351 e. The lowest BCUT2D eigenvalue weighted by Gasteiger charge is -2.35. The van der Waals surface area contributed by atoms with E-state index in [0.29, 0.717) is 35.0 Å². The molecule has 1 saturated carbocycles. The molecular weight excluding hydrogens is 410 g/mol. The Kier molecular flexibility index (Phi) is 7.45. The Morgan fingerprint density at radius 2 is 1.74 bits per heavy atom. The number of nitrogens with one attached hydrogen (secondary N) is 2. The highest BCUT2D eigenvalue weighted by atomic mass is 35.5. The first-order chi connectivity index (χ1) is 15.1. The van der Waals surface area contributed by atoms with Crippen LogP contribution in [0, 0.1) is 6.07 Å². The molecule has 2 N–H and O–H groups in total. The third-order valence-electron chi connectivity index (χ3n) is 6.39. The number of rotatable bonds is 6. The molecule has 167 valence electrons. The summed E-state index contributed by atoms with van der Waals surface area (Å²) in [6.45, 7) is 2.19. The Hall–Kier alpha value is -2.12. The smallest absolute Gasteiger partial charge is 0.233 e. The van der Waals surface area contributed by atoms with Gasteiger partial charge in [0.05, 0.1) is 5.02 Å². The lowest BCUT2D eigenvalue weighted by molar-refractivity contribution is 0.252. The Labute approximate surface area is 190 Å². The zero-order valence-electron chi connectivity index (χ0n) is 18.6. The number of hydrogen-bond acceptors (Lipinski definition) is 7. The molecule has 4 rings (SSSR count). The molecule has 0 bridgehead atoms. The Morgan fingerprint density at radius 1 is 1.03 bits per heavy atom. The van der Waals surface area contributed by atoms with E-state index in [1.807, 2.05) is 12.1 Å². The van der Waals surface area contributed by atoms with Crippen LogP contribution >= 0.6 is 11.6 Å². The first kappa shape index (κ1) is 22.1. The van der Waals surface area contributed by atoms with E-state index in [0.717, 1.165) is 31.6 Å². The standard InChI is InChI=1S/C23H33ClN7/c1-30-14-12-20(13-15-30)31(2)23-28-21(25-18-9-5-3-4-6-10-18)27-22(29-23)26-19-11-7-8-17(24)16-19/h7,11,16,18,20H,3-6,9-10,12-15H2,1-2H3,(H2,25,26,27,28,29). The van der Waals surface area contributed by atoms with E-state index in [1.165, 1.54) is 38.5 Å². The van der Waals surface area contributed by atoms with E-state index in [9.17, 15) is 0 Å². The summed E-state index contributed by atoms with van der Waals surface area (Å²) in [6, 6.07) is 9.33. The van der Waals surface area contributed by atoms with Crippen molar-refractivity contribution in [2.24, 2.45) is 0 Å². The van der Waals surface area contributed by atoms with E-state index in [1.54, 1.807) is 6.07 Å². The summed E-state index contributed by atoms with van der Waals surface area (Å²) >= 11 is 6.11. The molecule has 1 radical (unpaired) electrons. The van der Waals surface area contributed by atoms with E-state index >= 15 is 0 Å². The number of piperidine rings is 1. The summed E-state index contributed by atoms with van der Waals surface area (Å²) < 4.78 is 0. The fraction of sp³-hybridized carbons (Fsp3) is 0.609. The SMILES string of the molecule is CN1CCC(N(C)c2nc(Nc3cc[c]c(Cl)c3)nc(NC3CCCCCC3)n2)CC1. The average molecular weight is 443 g/mol. The molecular formula is C23H33ClN7. The number of benzene rings is 1. The predicted octanol–water partition coefficient (Wildman–Crippen LogP) is 4.73. The van der Waals surface area contributed by atoms with E-state index in [4.69, 9.17) is 26.6 Å². The molecule has 1 aromatic heterocycles. The second kappa shape index (κ2) is 10.5. The maximum atomic E-state index is 6.11. The Balaban J connectivity index is 1.57. The molecule has 31 heavy (non-hydrogen) atoms. The van der Waals surface area contributed by atoms with E-state index in [2.05, 4.69) is 40.6 Å². The molecule has 0 atom stereocenters. The minimum Gasteiger partial charge on any atom is -0.351 e. The summed E-state index contributed by atoms with van der Waals surface area (Å²) in [5, 5.41) is 7.45. The maximum Gasteiger partial charge on any atom is 0.233 e. The summed E-state index contributed by atoms with van der Waals surface area (Å²) in [4.78, 5) is 18.8. The number of aromatic nitrogens is 3. The number of likely N-dealkylation sites (tertiary alicyclic amines) is 1. The highest BCUT2D eigenvalue weighted by Crippen LogP contribution is 2.25. The van der Waals surface area contributed by atoms with Gasteiger partial charge in [-0.2, -0.15) is 15.0 Å². The molecule has 1 aromatic carbocycles. The lowest BCUT2D eigenvalue weighted by atomic mass is 10.0. The van der Waals surface area contributed by atoms with Gasteiger partial charge in [0.25, 0.3) is 0 Å². The van der Waals surface area contributed by atoms with Gasteiger partial charge in [-0.3, -0.25) is 0 Å². The molecule has 8 heteroatoms. The summed E-state index contributed by atoms with van der Waals surface area (Å²) in [5.74, 6) is 1.88. The van der Waals surface area contributed by atoms with Gasteiger partial charge in [-0.05, 0) is 58.0 Å². The molecule has 0 unspecified atom stereocenters. The van der Waals surface area contributed by atoms with Crippen LogP contribution in [0.5, 0.6) is 0 Å². The fourth-order valence-electron chi connectivity index (χ4n) is 4.44. The van der Waals surface area contributed by atoms with Crippen LogP contribution in [0.15, 0.2) is 18.2 Å². The second-order valence-electron chi connectivity index (χ2n) is 8.81. The van der Waals surface area contributed by atoms with Gasteiger partial charge in [-0.1, -0.05) is 43.4 Å². The number of anilines is 4. The molecule has 0 spiro atoms. The van der Waals surface area contributed by atoms with Gasteiger partial charge in [-0.25, -0.2) is 0 Å². The van der Waals surface area contributed by atoms with Crippen LogP contribution in [-0.2, 0) is 0 Å². The number of halogens is 1. The molecule has 1 aliphatic carbocycles. The van der Waals surface area contributed by atoms with Crippen molar-refractivity contribution in [3.8, 4) is 0 Å². The zero-order chi connectivity index (χ0) is 21.6. The molecule has 1 saturated heterocycles. The number of hydrogen-bond donors (Lipinski definition) is 2. The maximum absolute atomic E-state index is 6.11. The van der Waals surface area contributed by atoms with E-state index in [-0.39, 0.29) is 0 Å². The molecule has 0 amide bonds. The van der Waals surface area contributed by atoms with Gasteiger partial charge in [-0.15, -0.1) is 0 Å².